The van der Waals surface area contributed by atoms with Crippen LogP contribution >= 0.6 is 11.3 Å². The molecule has 148 valence electrons. The molecule has 3 aromatic rings. The molecule has 0 spiro atoms. The van der Waals surface area contributed by atoms with Gasteiger partial charge in [0, 0.05) is 11.6 Å². The van der Waals surface area contributed by atoms with Crippen LogP contribution in [0.25, 0.3) is 11.0 Å². The van der Waals surface area contributed by atoms with Crippen molar-refractivity contribution in [3.05, 3.63) is 45.6 Å². The van der Waals surface area contributed by atoms with Gasteiger partial charge in [0.1, 0.15) is 29.2 Å². The molecule has 8 nitrogen and oxygen atoms in total. The van der Waals surface area contributed by atoms with E-state index >= 15 is 0 Å². The third kappa shape index (κ3) is 4.00. The number of furan rings is 1. The summed E-state index contributed by atoms with van der Waals surface area (Å²) in [6.45, 7) is 4.91. The highest BCUT2D eigenvalue weighted by Crippen LogP contribution is 2.32. The molecule has 28 heavy (non-hydrogen) atoms. The van der Waals surface area contributed by atoms with Crippen molar-refractivity contribution in [2.24, 2.45) is 5.73 Å². The van der Waals surface area contributed by atoms with Gasteiger partial charge in [-0.1, -0.05) is 0 Å². The zero-order valence-electron chi connectivity index (χ0n) is 15.7. The van der Waals surface area contributed by atoms with Crippen molar-refractivity contribution in [3.8, 4) is 5.75 Å². The highest BCUT2D eigenvalue weighted by Gasteiger charge is 2.24. The number of primary amides is 1. The molecule has 1 aromatic carbocycles. The van der Waals surface area contributed by atoms with Gasteiger partial charge in [-0.15, -0.1) is 11.3 Å². The summed E-state index contributed by atoms with van der Waals surface area (Å²) in [6, 6.07) is 4.02. The number of aryl methyl sites for hydroxylation is 2. The number of aromatic nitrogens is 1. The first-order valence-electron chi connectivity index (χ1n) is 8.63. The number of carbonyl (C=O) groups excluding carboxylic acids is 2. The fraction of sp³-hybridized carbons (Fsp3) is 0.316. The maximum Gasteiger partial charge on any atom is 0.256 e. The summed E-state index contributed by atoms with van der Waals surface area (Å²) in [5.41, 5.74) is 5.95. The first-order chi connectivity index (χ1) is 13.3. The Bertz CT molecular complexity index is 1030. The molecule has 2 aromatic heterocycles. The predicted octanol–water partition coefficient (Wildman–Crippen LogP) is 2.22. The van der Waals surface area contributed by atoms with Gasteiger partial charge in [-0.3, -0.25) is 9.59 Å². The summed E-state index contributed by atoms with van der Waals surface area (Å²) < 4.78 is 11.6. The molecule has 0 aliphatic heterocycles. The molecule has 2 atom stereocenters. The number of benzene rings is 1. The number of nitrogens with one attached hydrogen (secondary N) is 1. The molecule has 1 unspecified atom stereocenters. The van der Waals surface area contributed by atoms with Gasteiger partial charge in [0.25, 0.3) is 5.91 Å². The highest BCUT2D eigenvalue weighted by molar-refractivity contribution is 7.11. The topological polar surface area (TPSA) is 128 Å². The van der Waals surface area contributed by atoms with Crippen LogP contribution in [-0.2, 0) is 4.79 Å². The van der Waals surface area contributed by atoms with Crippen LogP contribution in [0.5, 0.6) is 5.75 Å². The normalized spacial score (nSPS) is 13.3. The second kappa shape index (κ2) is 7.99. The summed E-state index contributed by atoms with van der Waals surface area (Å²) in [6.07, 6.45) is 1.57. The van der Waals surface area contributed by atoms with Crippen LogP contribution in [-0.4, -0.2) is 34.6 Å². The van der Waals surface area contributed by atoms with Crippen molar-refractivity contribution >= 4 is 34.1 Å². The molecule has 0 fully saturated rings. The number of nitrogens with zero attached hydrogens (tertiary/aromatic N) is 1. The lowest BCUT2D eigenvalue weighted by atomic mass is 10.1. The van der Waals surface area contributed by atoms with E-state index in [1.807, 2.05) is 13.8 Å². The Balaban J connectivity index is 1.89. The van der Waals surface area contributed by atoms with E-state index in [-0.39, 0.29) is 11.7 Å². The van der Waals surface area contributed by atoms with Gasteiger partial charge in [0.05, 0.1) is 22.1 Å². The summed E-state index contributed by atoms with van der Waals surface area (Å²) in [5.74, 6) is -0.428. The number of nitrogens with two attached hydrogens (primary N) is 1. The quantitative estimate of drug-likeness (QED) is 0.555. The SMILES string of the molecule is Cc1ncc(C(C)Oc2ccc3oc(C)c(C(=O)N[C@@H](CO)C(N)=O)c3c2)s1. The molecule has 9 heteroatoms. The third-order valence-corrected chi connectivity index (χ3v) is 5.32. The lowest BCUT2D eigenvalue weighted by Gasteiger charge is -2.13. The summed E-state index contributed by atoms with van der Waals surface area (Å²) in [7, 11) is 0. The van der Waals surface area contributed by atoms with Crippen molar-refractivity contribution in [1.82, 2.24) is 10.3 Å². The van der Waals surface area contributed by atoms with Crippen LogP contribution < -0.4 is 15.8 Å². The van der Waals surface area contributed by atoms with Crippen molar-refractivity contribution in [3.63, 3.8) is 0 Å². The number of ether oxygens (including phenoxy) is 1. The first-order valence-corrected chi connectivity index (χ1v) is 9.45. The van der Waals surface area contributed by atoms with E-state index in [9.17, 15) is 14.7 Å². The molecular formula is C19H21N3O5S. The van der Waals surface area contributed by atoms with Crippen LogP contribution in [0.2, 0.25) is 0 Å². The molecule has 0 saturated carbocycles. The zero-order valence-corrected chi connectivity index (χ0v) is 16.5. The van der Waals surface area contributed by atoms with Gasteiger partial charge >= 0.3 is 0 Å². The zero-order chi connectivity index (χ0) is 20.4. The largest absolute Gasteiger partial charge is 0.485 e. The number of aliphatic hydroxyl groups excluding tert-OH is 1. The van der Waals surface area contributed by atoms with Crippen LogP contribution in [0.15, 0.2) is 28.8 Å². The molecule has 0 saturated heterocycles. The molecule has 4 N–H and O–H groups in total. The minimum atomic E-state index is -1.18. The second-order valence-electron chi connectivity index (χ2n) is 6.34. The van der Waals surface area contributed by atoms with E-state index in [4.69, 9.17) is 14.9 Å². The Morgan fingerprint density at radius 3 is 2.75 bits per heavy atom. The average molecular weight is 403 g/mol. The number of hydrogen-bond donors (Lipinski definition) is 3. The van der Waals surface area contributed by atoms with E-state index in [1.54, 1.807) is 42.7 Å². The van der Waals surface area contributed by atoms with Gasteiger partial charge in [-0.05, 0) is 39.0 Å². The lowest BCUT2D eigenvalue weighted by molar-refractivity contribution is -0.120. The van der Waals surface area contributed by atoms with Gasteiger partial charge < -0.3 is 25.3 Å². The summed E-state index contributed by atoms with van der Waals surface area (Å²) >= 11 is 1.56. The van der Waals surface area contributed by atoms with Gasteiger partial charge in [-0.25, -0.2) is 4.98 Å². The molecule has 2 amide bonds. The molecule has 0 radical (unpaired) electrons. The summed E-state index contributed by atoms with van der Waals surface area (Å²) in [5, 5.41) is 13.1. The van der Waals surface area contributed by atoms with E-state index in [0.29, 0.717) is 22.5 Å². The minimum absolute atomic E-state index is 0.206. The van der Waals surface area contributed by atoms with Crippen molar-refractivity contribution in [2.75, 3.05) is 6.61 Å². The maximum absolute atomic E-state index is 12.6. The van der Waals surface area contributed by atoms with Crippen molar-refractivity contribution < 1.29 is 23.8 Å². The average Bonchev–Trinajstić information content (AvgIpc) is 3.21. The Morgan fingerprint density at radius 2 is 2.14 bits per heavy atom. The lowest BCUT2D eigenvalue weighted by Crippen LogP contribution is -2.46. The van der Waals surface area contributed by atoms with Crippen LogP contribution in [0.1, 0.15) is 39.0 Å². The minimum Gasteiger partial charge on any atom is -0.485 e. The number of fused-ring (bicyclic) bond motifs is 1. The van der Waals surface area contributed by atoms with Gasteiger partial charge in [0.15, 0.2) is 0 Å². The van der Waals surface area contributed by atoms with Crippen LogP contribution in [0.4, 0.5) is 0 Å². The molecule has 0 aliphatic carbocycles. The van der Waals surface area contributed by atoms with Crippen molar-refractivity contribution in [1.29, 1.82) is 0 Å². The van der Waals surface area contributed by atoms with E-state index in [2.05, 4.69) is 10.3 Å². The number of amides is 2. The van der Waals surface area contributed by atoms with E-state index < -0.39 is 24.5 Å². The monoisotopic (exact) mass is 403 g/mol. The second-order valence-corrected chi connectivity index (χ2v) is 7.61. The Kier molecular flexibility index (Phi) is 5.66. The van der Waals surface area contributed by atoms with Crippen LogP contribution in [0, 0.1) is 13.8 Å². The molecule has 0 bridgehead atoms. The Hall–Kier alpha value is -2.91. The van der Waals surface area contributed by atoms with Gasteiger partial charge in [0.2, 0.25) is 5.91 Å². The fourth-order valence-corrected chi connectivity index (χ4v) is 3.59. The van der Waals surface area contributed by atoms with Crippen molar-refractivity contribution in [2.45, 2.75) is 32.9 Å². The predicted molar refractivity (Wildman–Crippen MR) is 104 cm³/mol. The van der Waals surface area contributed by atoms with Gasteiger partial charge in [-0.2, -0.15) is 0 Å². The number of carbonyl (C=O) groups is 2. The first kappa shape index (κ1) is 19.8. The summed E-state index contributed by atoms with van der Waals surface area (Å²) in [4.78, 5) is 29.2. The number of thiazole rings is 1. The van der Waals surface area contributed by atoms with Crippen LogP contribution in [0.3, 0.4) is 0 Å². The number of rotatable bonds is 7. The standard InChI is InChI=1S/C19H21N3O5S/c1-9(16-7-21-11(3)28-16)26-12-4-5-15-13(6-12)17(10(2)27-15)19(25)22-14(8-23)18(20)24/h4-7,9,14,23H,8H2,1-3H3,(H2,20,24)(H,22,25)/t9?,14-/m0/s1. The Morgan fingerprint density at radius 1 is 1.39 bits per heavy atom. The Labute approximate surface area is 165 Å². The van der Waals surface area contributed by atoms with E-state index in [1.165, 1.54) is 0 Å². The number of hydrogen-bond acceptors (Lipinski definition) is 7. The van der Waals surface area contributed by atoms with E-state index in [0.717, 1.165) is 9.88 Å². The number of aliphatic hydroxyl groups is 1. The molecular weight excluding hydrogens is 382 g/mol. The molecule has 0 aliphatic rings. The molecule has 2 heterocycles. The molecule has 3 rings (SSSR count). The smallest absolute Gasteiger partial charge is 0.256 e. The third-order valence-electron chi connectivity index (χ3n) is 4.25. The fourth-order valence-electron chi connectivity index (χ4n) is 2.82. The highest BCUT2D eigenvalue weighted by atomic mass is 32.1. The maximum atomic E-state index is 12.6.